The molecule has 3 N–H and O–H groups in total. The lowest BCUT2D eigenvalue weighted by Gasteiger charge is -2.18. The summed E-state index contributed by atoms with van der Waals surface area (Å²) in [4.78, 5) is 13.0. The fraction of sp³-hybridized carbons (Fsp3) is 0.333. The number of rotatable bonds is 5. The molecule has 0 saturated carbocycles. The molecule has 1 unspecified atom stereocenters. The normalized spacial score (nSPS) is 12.8. The smallest absolute Gasteiger partial charge is 0.241 e. The maximum atomic E-state index is 12.3. The van der Waals surface area contributed by atoms with Crippen LogP contribution in [-0.2, 0) is 14.8 Å². The molecular weight excluding hydrogens is 298 g/mol. The van der Waals surface area contributed by atoms with Gasteiger partial charge in [-0.1, -0.05) is 30.4 Å². The molecule has 1 rings (SSSR count). The number of benzene rings is 1. The minimum absolute atomic E-state index is 0.0161. The van der Waals surface area contributed by atoms with Gasteiger partial charge in [0.15, 0.2) is 0 Å². The Hall–Kier alpha value is -1.51. The van der Waals surface area contributed by atoms with Crippen LogP contribution < -0.4 is 10.5 Å². The number of carbonyl (C=O) groups excluding carboxylic acids is 1. The van der Waals surface area contributed by atoms with Gasteiger partial charge in [0.1, 0.15) is 4.99 Å². The second-order valence-corrected chi connectivity index (χ2v) is 6.56. The Kier molecular flexibility index (Phi) is 5.21. The van der Waals surface area contributed by atoms with Crippen LogP contribution in [0.25, 0.3) is 0 Å². The van der Waals surface area contributed by atoms with Crippen molar-refractivity contribution >= 4 is 33.1 Å². The summed E-state index contributed by atoms with van der Waals surface area (Å²) in [5, 5.41) is 0. The molecule has 1 aromatic carbocycles. The summed E-state index contributed by atoms with van der Waals surface area (Å²) in [6, 6.07) is 5.24. The standard InChI is InChI=1S/C12H17N3O3S2/c1-8(12(16)15(2)3)14-20(17,18)10-7-5-4-6-9(10)11(13)19/h4-8,14H,1-3H3,(H2,13,19). The number of nitrogens with one attached hydrogen (secondary N) is 1. The predicted octanol–water partition coefficient (Wildman–Crippen LogP) is 0.0758. The van der Waals surface area contributed by atoms with Crippen LogP contribution in [0, 0.1) is 0 Å². The first-order chi connectivity index (χ1) is 9.16. The highest BCUT2D eigenvalue weighted by Crippen LogP contribution is 2.15. The zero-order chi connectivity index (χ0) is 15.5. The van der Waals surface area contributed by atoms with Crippen molar-refractivity contribution in [3.63, 3.8) is 0 Å². The van der Waals surface area contributed by atoms with E-state index in [1.807, 2.05) is 0 Å². The van der Waals surface area contributed by atoms with Gasteiger partial charge in [-0.15, -0.1) is 0 Å². The number of thiocarbonyl (C=S) groups is 1. The van der Waals surface area contributed by atoms with Gasteiger partial charge in [-0.3, -0.25) is 4.79 Å². The Morgan fingerprint density at radius 3 is 2.40 bits per heavy atom. The summed E-state index contributed by atoms with van der Waals surface area (Å²) in [5.41, 5.74) is 5.76. The van der Waals surface area contributed by atoms with Crippen LogP contribution in [0.3, 0.4) is 0 Å². The molecule has 0 aromatic heterocycles. The van der Waals surface area contributed by atoms with E-state index in [0.29, 0.717) is 0 Å². The van der Waals surface area contributed by atoms with E-state index in [-0.39, 0.29) is 21.4 Å². The lowest BCUT2D eigenvalue weighted by Crippen LogP contribution is -2.44. The van der Waals surface area contributed by atoms with E-state index in [4.69, 9.17) is 18.0 Å². The first-order valence-electron chi connectivity index (χ1n) is 5.79. The molecule has 8 heteroatoms. The first-order valence-corrected chi connectivity index (χ1v) is 7.68. The van der Waals surface area contributed by atoms with Crippen LogP contribution in [0.5, 0.6) is 0 Å². The van der Waals surface area contributed by atoms with Crippen molar-refractivity contribution in [3.05, 3.63) is 29.8 Å². The van der Waals surface area contributed by atoms with Crippen LogP contribution in [0.4, 0.5) is 0 Å². The second kappa shape index (κ2) is 6.29. The number of nitrogens with zero attached hydrogens (tertiary/aromatic N) is 1. The number of hydrogen-bond acceptors (Lipinski definition) is 4. The van der Waals surface area contributed by atoms with Gasteiger partial charge < -0.3 is 10.6 Å². The van der Waals surface area contributed by atoms with Crippen LogP contribution >= 0.6 is 12.2 Å². The highest BCUT2D eigenvalue weighted by atomic mass is 32.2. The molecule has 0 saturated heterocycles. The molecule has 0 bridgehead atoms. The number of carbonyl (C=O) groups is 1. The van der Waals surface area contributed by atoms with E-state index in [9.17, 15) is 13.2 Å². The Labute approximate surface area is 124 Å². The summed E-state index contributed by atoms with van der Waals surface area (Å²) in [6.07, 6.45) is 0. The van der Waals surface area contributed by atoms with Crippen LogP contribution in [0.15, 0.2) is 29.2 Å². The molecule has 0 aliphatic rings. The van der Waals surface area contributed by atoms with Gasteiger partial charge in [0.05, 0.1) is 10.9 Å². The van der Waals surface area contributed by atoms with E-state index in [2.05, 4.69) is 4.72 Å². The Balaban J connectivity index is 3.13. The Bertz CT molecular complexity index is 627. The highest BCUT2D eigenvalue weighted by Gasteiger charge is 2.25. The molecule has 0 aliphatic heterocycles. The molecule has 6 nitrogen and oxygen atoms in total. The quantitative estimate of drug-likeness (QED) is 0.751. The molecule has 1 amide bonds. The van der Waals surface area contributed by atoms with Gasteiger partial charge in [-0.2, -0.15) is 4.72 Å². The molecule has 1 aromatic rings. The fourth-order valence-electron chi connectivity index (χ4n) is 1.64. The summed E-state index contributed by atoms with van der Waals surface area (Å²) in [5.74, 6) is -0.346. The number of hydrogen-bond donors (Lipinski definition) is 2. The minimum atomic E-state index is -3.88. The molecule has 110 valence electrons. The molecule has 20 heavy (non-hydrogen) atoms. The van der Waals surface area contributed by atoms with Gasteiger partial charge in [0.2, 0.25) is 15.9 Å². The lowest BCUT2D eigenvalue weighted by molar-refractivity contribution is -0.130. The Morgan fingerprint density at radius 2 is 1.90 bits per heavy atom. The third-order valence-corrected chi connectivity index (χ3v) is 4.40. The van der Waals surface area contributed by atoms with Crippen molar-refractivity contribution in [3.8, 4) is 0 Å². The predicted molar refractivity (Wildman–Crippen MR) is 80.8 cm³/mol. The lowest BCUT2D eigenvalue weighted by atomic mass is 10.2. The molecule has 0 radical (unpaired) electrons. The van der Waals surface area contributed by atoms with Crippen molar-refractivity contribution in [2.45, 2.75) is 17.9 Å². The third-order valence-electron chi connectivity index (χ3n) is 2.59. The summed E-state index contributed by atoms with van der Waals surface area (Å²) in [6.45, 7) is 1.48. The van der Waals surface area contributed by atoms with Gasteiger partial charge in [0.25, 0.3) is 0 Å². The first kappa shape index (κ1) is 16.5. The monoisotopic (exact) mass is 315 g/mol. The van der Waals surface area contributed by atoms with E-state index in [1.54, 1.807) is 26.2 Å². The summed E-state index contributed by atoms with van der Waals surface area (Å²) < 4.78 is 26.9. The maximum Gasteiger partial charge on any atom is 0.241 e. The summed E-state index contributed by atoms with van der Waals surface area (Å²) in [7, 11) is -0.775. The second-order valence-electron chi connectivity index (χ2n) is 4.44. The van der Waals surface area contributed by atoms with Crippen molar-refractivity contribution < 1.29 is 13.2 Å². The average molecular weight is 315 g/mol. The van der Waals surface area contributed by atoms with E-state index in [0.717, 1.165) is 0 Å². The number of sulfonamides is 1. The van der Waals surface area contributed by atoms with E-state index >= 15 is 0 Å². The molecule has 0 aliphatic carbocycles. The SMILES string of the molecule is CC(NS(=O)(=O)c1ccccc1C(N)=S)C(=O)N(C)C. The van der Waals surface area contributed by atoms with Gasteiger partial charge in [-0.25, -0.2) is 8.42 Å². The van der Waals surface area contributed by atoms with Crippen molar-refractivity contribution in [1.29, 1.82) is 0 Å². The third kappa shape index (κ3) is 3.75. The van der Waals surface area contributed by atoms with Crippen molar-refractivity contribution in [2.24, 2.45) is 5.73 Å². The summed E-state index contributed by atoms with van der Waals surface area (Å²) >= 11 is 4.84. The van der Waals surface area contributed by atoms with Crippen LogP contribution in [0.1, 0.15) is 12.5 Å². The van der Waals surface area contributed by atoms with E-state index < -0.39 is 16.1 Å². The molecule has 0 spiro atoms. The average Bonchev–Trinajstić information content (AvgIpc) is 2.37. The maximum absolute atomic E-state index is 12.3. The highest BCUT2D eigenvalue weighted by molar-refractivity contribution is 7.89. The van der Waals surface area contributed by atoms with E-state index in [1.165, 1.54) is 24.0 Å². The number of likely N-dealkylation sites (N-methyl/N-ethyl adjacent to an activating group) is 1. The zero-order valence-corrected chi connectivity index (χ0v) is 13.1. The topological polar surface area (TPSA) is 92.5 Å². The molecular formula is C12H17N3O3S2. The molecule has 0 heterocycles. The minimum Gasteiger partial charge on any atom is -0.389 e. The van der Waals surface area contributed by atoms with Gasteiger partial charge in [-0.05, 0) is 13.0 Å². The van der Waals surface area contributed by atoms with Crippen LogP contribution in [0.2, 0.25) is 0 Å². The number of nitrogens with two attached hydrogens (primary N) is 1. The number of amides is 1. The van der Waals surface area contributed by atoms with Crippen LogP contribution in [-0.4, -0.2) is 44.4 Å². The molecule has 1 atom stereocenters. The Morgan fingerprint density at radius 1 is 1.35 bits per heavy atom. The van der Waals surface area contributed by atoms with Crippen molar-refractivity contribution in [2.75, 3.05) is 14.1 Å². The van der Waals surface area contributed by atoms with Crippen molar-refractivity contribution in [1.82, 2.24) is 9.62 Å². The fourth-order valence-corrected chi connectivity index (χ4v) is 3.30. The van der Waals surface area contributed by atoms with Gasteiger partial charge in [0, 0.05) is 19.7 Å². The zero-order valence-electron chi connectivity index (χ0n) is 11.5. The van der Waals surface area contributed by atoms with Gasteiger partial charge >= 0.3 is 0 Å². The largest absolute Gasteiger partial charge is 0.389 e. The molecule has 0 fully saturated rings.